The fourth-order valence-corrected chi connectivity index (χ4v) is 2.51. The predicted octanol–water partition coefficient (Wildman–Crippen LogP) is 3.03. The fourth-order valence-electron chi connectivity index (χ4n) is 2.16. The molecule has 0 aliphatic heterocycles. The molecule has 0 spiro atoms. The smallest absolute Gasteiger partial charge is 0.314 e. The molecule has 0 heterocycles. The Hall–Kier alpha value is -1.22. The Morgan fingerprint density at radius 2 is 2.18 bits per heavy atom. The van der Waals surface area contributed by atoms with Crippen LogP contribution in [0.15, 0.2) is 12.1 Å². The van der Waals surface area contributed by atoms with Gasteiger partial charge < -0.3 is 9.84 Å². The summed E-state index contributed by atoms with van der Waals surface area (Å²) in [5.41, 5.74) is 0.951. The van der Waals surface area contributed by atoms with Crippen LogP contribution >= 0.6 is 11.6 Å². The van der Waals surface area contributed by atoms with Gasteiger partial charge in [-0.15, -0.1) is 0 Å². The Bertz CT molecular complexity index is 464. The van der Waals surface area contributed by atoms with Crippen LogP contribution in [0.1, 0.15) is 30.9 Å². The number of hydrogen-bond donors (Lipinski definition) is 1. The predicted molar refractivity (Wildman–Crippen MR) is 65.9 cm³/mol. The molecule has 92 valence electrons. The van der Waals surface area contributed by atoms with Crippen molar-refractivity contribution in [3.05, 3.63) is 28.3 Å². The van der Waals surface area contributed by atoms with E-state index in [9.17, 15) is 9.90 Å². The van der Waals surface area contributed by atoms with Crippen LogP contribution in [0, 0.1) is 0 Å². The second-order valence-electron chi connectivity index (χ2n) is 4.38. The lowest BCUT2D eigenvalue weighted by atomic mass is 9.94. The van der Waals surface area contributed by atoms with E-state index in [-0.39, 0.29) is 0 Å². The number of carbonyl (C=O) groups is 1. The summed E-state index contributed by atoms with van der Waals surface area (Å²) in [7, 11) is 1.58. The maximum atomic E-state index is 11.3. The summed E-state index contributed by atoms with van der Waals surface area (Å²) in [5, 5.41) is 9.85. The number of halogens is 1. The van der Waals surface area contributed by atoms with Crippen molar-refractivity contribution < 1.29 is 14.6 Å². The highest BCUT2D eigenvalue weighted by molar-refractivity contribution is 6.31. The topological polar surface area (TPSA) is 46.5 Å². The van der Waals surface area contributed by atoms with Gasteiger partial charge in [0.15, 0.2) is 0 Å². The van der Waals surface area contributed by atoms with Crippen molar-refractivity contribution in [3.8, 4) is 5.75 Å². The Morgan fingerprint density at radius 3 is 2.59 bits per heavy atom. The van der Waals surface area contributed by atoms with Crippen LogP contribution in [-0.2, 0) is 16.6 Å². The molecule has 3 nitrogen and oxygen atoms in total. The molecule has 1 aromatic rings. The molecule has 0 aromatic heterocycles. The van der Waals surface area contributed by atoms with Crippen molar-refractivity contribution in [1.82, 2.24) is 0 Å². The van der Waals surface area contributed by atoms with E-state index in [4.69, 9.17) is 16.3 Å². The van der Waals surface area contributed by atoms with Crippen molar-refractivity contribution in [2.75, 3.05) is 7.11 Å². The van der Waals surface area contributed by atoms with E-state index in [2.05, 4.69) is 0 Å². The molecule has 2 rings (SSSR count). The molecule has 1 aliphatic rings. The van der Waals surface area contributed by atoms with Gasteiger partial charge in [-0.3, -0.25) is 4.79 Å². The number of aliphatic carboxylic acids is 1. The maximum Gasteiger partial charge on any atom is 0.314 e. The van der Waals surface area contributed by atoms with Gasteiger partial charge in [-0.1, -0.05) is 18.5 Å². The van der Waals surface area contributed by atoms with Crippen LogP contribution in [0.3, 0.4) is 0 Å². The highest BCUT2D eigenvalue weighted by atomic mass is 35.5. The molecule has 0 saturated heterocycles. The largest absolute Gasteiger partial charge is 0.496 e. The standard InChI is InChI=1S/C13H15ClO3/c1-3-9-10(14)6-8(7-11(9)17-2)13(4-5-13)12(15)16/h6-7H,3-5H2,1-2H3,(H,15,16). The second-order valence-corrected chi connectivity index (χ2v) is 4.79. The quantitative estimate of drug-likeness (QED) is 0.898. The monoisotopic (exact) mass is 254 g/mol. The molecule has 1 saturated carbocycles. The molecule has 0 unspecified atom stereocenters. The first kappa shape index (κ1) is 12.2. The van der Waals surface area contributed by atoms with Gasteiger partial charge >= 0.3 is 5.97 Å². The molecule has 1 fully saturated rings. The van der Waals surface area contributed by atoms with Crippen molar-refractivity contribution in [1.29, 1.82) is 0 Å². The van der Waals surface area contributed by atoms with Crippen LogP contribution < -0.4 is 4.74 Å². The van der Waals surface area contributed by atoms with Crippen molar-refractivity contribution in [2.24, 2.45) is 0 Å². The lowest BCUT2D eigenvalue weighted by Gasteiger charge is -2.15. The number of methoxy groups -OCH3 is 1. The summed E-state index contributed by atoms with van der Waals surface area (Å²) < 4.78 is 5.28. The van der Waals surface area contributed by atoms with Crippen LogP contribution in [0.2, 0.25) is 5.02 Å². The van der Waals surface area contributed by atoms with Crippen molar-refractivity contribution in [2.45, 2.75) is 31.6 Å². The Balaban J connectivity index is 2.51. The zero-order valence-electron chi connectivity index (χ0n) is 9.92. The molecule has 0 radical (unpaired) electrons. The molecule has 1 N–H and O–H groups in total. The van der Waals surface area contributed by atoms with Gasteiger partial charge in [0.1, 0.15) is 5.75 Å². The van der Waals surface area contributed by atoms with E-state index in [0.29, 0.717) is 23.6 Å². The van der Waals surface area contributed by atoms with E-state index in [1.54, 1.807) is 13.2 Å². The van der Waals surface area contributed by atoms with E-state index in [0.717, 1.165) is 17.5 Å². The molecule has 17 heavy (non-hydrogen) atoms. The minimum atomic E-state index is -0.778. The van der Waals surface area contributed by atoms with E-state index in [1.807, 2.05) is 13.0 Å². The molecule has 0 amide bonds. The third-order valence-electron chi connectivity index (χ3n) is 3.44. The van der Waals surface area contributed by atoms with E-state index in [1.165, 1.54) is 0 Å². The minimum absolute atomic E-state index is 0.592. The first-order valence-corrected chi connectivity index (χ1v) is 6.03. The molecular weight excluding hydrogens is 240 g/mol. The van der Waals surface area contributed by atoms with Crippen molar-refractivity contribution >= 4 is 17.6 Å². The number of hydrogen-bond acceptors (Lipinski definition) is 2. The normalized spacial score (nSPS) is 16.6. The first-order chi connectivity index (χ1) is 8.05. The molecule has 1 aliphatic carbocycles. The van der Waals surface area contributed by atoms with E-state index >= 15 is 0 Å². The number of ether oxygens (including phenoxy) is 1. The highest BCUT2D eigenvalue weighted by Gasteiger charge is 2.52. The third-order valence-corrected chi connectivity index (χ3v) is 3.78. The highest BCUT2D eigenvalue weighted by Crippen LogP contribution is 2.50. The van der Waals surface area contributed by atoms with E-state index < -0.39 is 11.4 Å². The summed E-state index contributed by atoms with van der Waals surface area (Å²) in [4.78, 5) is 11.3. The summed E-state index contributed by atoms with van der Waals surface area (Å²) in [6.45, 7) is 1.99. The Labute approximate surface area is 105 Å². The molecule has 0 atom stereocenters. The van der Waals surface area contributed by atoms with Crippen LogP contribution in [-0.4, -0.2) is 18.2 Å². The lowest BCUT2D eigenvalue weighted by Crippen LogP contribution is -2.19. The van der Waals surface area contributed by atoms with Crippen LogP contribution in [0.5, 0.6) is 5.75 Å². The van der Waals surface area contributed by atoms with Gasteiger partial charge in [0.05, 0.1) is 12.5 Å². The molecule has 1 aromatic carbocycles. The summed E-state index contributed by atoms with van der Waals surface area (Å²) >= 11 is 6.18. The first-order valence-electron chi connectivity index (χ1n) is 5.65. The van der Waals surface area contributed by atoms with Gasteiger partial charge in [0.2, 0.25) is 0 Å². The molecular formula is C13H15ClO3. The van der Waals surface area contributed by atoms with Gasteiger partial charge in [-0.2, -0.15) is 0 Å². The molecule has 4 heteroatoms. The number of carboxylic acids is 1. The van der Waals surface area contributed by atoms with Gasteiger partial charge in [0, 0.05) is 10.6 Å². The Kier molecular flexibility index (Phi) is 3.04. The van der Waals surface area contributed by atoms with Crippen LogP contribution in [0.25, 0.3) is 0 Å². The zero-order valence-corrected chi connectivity index (χ0v) is 10.7. The van der Waals surface area contributed by atoms with Gasteiger partial charge in [-0.05, 0) is 37.0 Å². The average molecular weight is 255 g/mol. The Morgan fingerprint density at radius 1 is 1.53 bits per heavy atom. The minimum Gasteiger partial charge on any atom is -0.496 e. The SMILES string of the molecule is CCc1c(Cl)cc(C2(C(=O)O)CC2)cc1OC. The third kappa shape index (κ3) is 1.89. The average Bonchev–Trinajstić information content (AvgIpc) is 3.08. The molecule has 0 bridgehead atoms. The number of rotatable bonds is 4. The number of benzene rings is 1. The maximum absolute atomic E-state index is 11.3. The van der Waals surface area contributed by atoms with Crippen LogP contribution in [0.4, 0.5) is 0 Å². The number of carboxylic acid groups (broad SMARTS) is 1. The van der Waals surface area contributed by atoms with Crippen molar-refractivity contribution in [3.63, 3.8) is 0 Å². The van der Waals surface area contributed by atoms with Gasteiger partial charge in [-0.25, -0.2) is 0 Å². The zero-order chi connectivity index (χ0) is 12.6. The summed E-state index contributed by atoms with van der Waals surface area (Å²) in [5.74, 6) is -0.0950. The summed E-state index contributed by atoms with van der Waals surface area (Å²) in [6.07, 6.45) is 2.11. The fraction of sp³-hybridized carbons (Fsp3) is 0.462. The lowest BCUT2D eigenvalue weighted by molar-refractivity contribution is -0.140. The van der Waals surface area contributed by atoms with Gasteiger partial charge in [0.25, 0.3) is 0 Å². The second kappa shape index (κ2) is 4.22. The summed E-state index contributed by atoms with van der Waals surface area (Å²) in [6, 6.07) is 3.58.